The summed E-state index contributed by atoms with van der Waals surface area (Å²) in [5, 5.41) is 14.8. The van der Waals surface area contributed by atoms with Gasteiger partial charge in [0.25, 0.3) is 0 Å². The molecule has 0 saturated heterocycles. The first-order valence-electron chi connectivity index (χ1n) is 6.82. The van der Waals surface area contributed by atoms with Gasteiger partial charge >= 0.3 is 6.03 Å². The van der Waals surface area contributed by atoms with Crippen LogP contribution in [0.1, 0.15) is 39.2 Å². The summed E-state index contributed by atoms with van der Waals surface area (Å²) >= 11 is 0. The molecule has 0 radical (unpaired) electrons. The molecule has 0 spiro atoms. The highest BCUT2D eigenvalue weighted by molar-refractivity contribution is 5.89. The number of aliphatic hydroxyl groups is 1. The topological polar surface area (TPSA) is 61.4 Å². The van der Waals surface area contributed by atoms with Crippen molar-refractivity contribution in [3.05, 3.63) is 29.8 Å². The summed E-state index contributed by atoms with van der Waals surface area (Å²) in [7, 11) is 0. The highest BCUT2D eigenvalue weighted by Gasteiger charge is 2.23. The molecule has 4 heteroatoms. The van der Waals surface area contributed by atoms with Gasteiger partial charge in [-0.1, -0.05) is 26.0 Å². The molecule has 106 valence electrons. The lowest BCUT2D eigenvalue weighted by Gasteiger charge is -2.29. The highest BCUT2D eigenvalue weighted by Crippen LogP contribution is 2.15. The SMILES string of the molecule is CCc1cccc(NC(=O)NC(C)(CC)CCO)c1. The van der Waals surface area contributed by atoms with Crippen molar-refractivity contribution in [2.24, 2.45) is 0 Å². The average Bonchev–Trinajstić information content (AvgIpc) is 2.39. The molecule has 1 atom stereocenters. The summed E-state index contributed by atoms with van der Waals surface area (Å²) in [6.45, 7) is 6.07. The molecule has 0 fully saturated rings. The smallest absolute Gasteiger partial charge is 0.319 e. The Hall–Kier alpha value is -1.55. The Morgan fingerprint density at radius 3 is 2.68 bits per heavy atom. The fourth-order valence-corrected chi connectivity index (χ4v) is 1.88. The summed E-state index contributed by atoms with van der Waals surface area (Å²) in [5.74, 6) is 0. The molecule has 1 unspecified atom stereocenters. The summed E-state index contributed by atoms with van der Waals surface area (Å²) in [6, 6.07) is 7.57. The number of carbonyl (C=O) groups excluding carboxylic acids is 1. The van der Waals surface area contributed by atoms with E-state index in [9.17, 15) is 4.79 Å². The maximum Gasteiger partial charge on any atom is 0.319 e. The monoisotopic (exact) mass is 264 g/mol. The minimum atomic E-state index is -0.374. The molecule has 0 aromatic heterocycles. The van der Waals surface area contributed by atoms with E-state index in [2.05, 4.69) is 17.6 Å². The third-order valence-corrected chi connectivity index (χ3v) is 3.45. The lowest BCUT2D eigenvalue weighted by atomic mass is 9.95. The second kappa shape index (κ2) is 7.14. The average molecular weight is 264 g/mol. The number of amides is 2. The lowest BCUT2D eigenvalue weighted by molar-refractivity contribution is 0.208. The van der Waals surface area contributed by atoms with Crippen LogP contribution in [0.25, 0.3) is 0 Å². The standard InChI is InChI=1S/C15H24N2O2/c1-4-12-7-6-8-13(11-12)16-14(19)17-15(3,5-2)9-10-18/h6-8,11,18H,4-5,9-10H2,1-3H3,(H2,16,17,19). The Kier molecular flexibility index (Phi) is 5.83. The first-order chi connectivity index (χ1) is 9.03. The molecule has 19 heavy (non-hydrogen) atoms. The van der Waals surface area contributed by atoms with Gasteiger partial charge in [0.05, 0.1) is 0 Å². The quantitative estimate of drug-likeness (QED) is 0.740. The van der Waals surface area contributed by atoms with Gasteiger partial charge in [0.15, 0.2) is 0 Å². The van der Waals surface area contributed by atoms with Gasteiger partial charge in [0, 0.05) is 17.8 Å². The maximum absolute atomic E-state index is 12.0. The Morgan fingerprint density at radius 1 is 1.37 bits per heavy atom. The Labute approximate surface area is 115 Å². The minimum absolute atomic E-state index is 0.0654. The lowest BCUT2D eigenvalue weighted by Crippen LogP contribution is -2.48. The summed E-state index contributed by atoms with van der Waals surface area (Å²) in [4.78, 5) is 12.0. The Bertz CT molecular complexity index is 420. The molecule has 4 nitrogen and oxygen atoms in total. The van der Waals surface area contributed by atoms with Gasteiger partial charge in [-0.25, -0.2) is 4.79 Å². The number of benzene rings is 1. The predicted molar refractivity (Wildman–Crippen MR) is 78.4 cm³/mol. The predicted octanol–water partition coefficient (Wildman–Crippen LogP) is 2.92. The van der Waals surface area contributed by atoms with E-state index in [-0.39, 0.29) is 18.2 Å². The molecule has 0 bridgehead atoms. The van der Waals surface area contributed by atoms with Gasteiger partial charge in [0.2, 0.25) is 0 Å². The molecular weight excluding hydrogens is 240 g/mol. The van der Waals surface area contributed by atoms with Crippen LogP contribution >= 0.6 is 0 Å². The van der Waals surface area contributed by atoms with Crippen molar-refractivity contribution in [3.8, 4) is 0 Å². The van der Waals surface area contributed by atoms with Crippen molar-refractivity contribution in [2.45, 2.75) is 45.6 Å². The summed E-state index contributed by atoms with van der Waals surface area (Å²) < 4.78 is 0. The van der Waals surface area contributed by atoms with E-state index in [1.165, 1.54) is 5.56 Å². The van der Waals surface area contributed by atoms with Crippen LogP contribution in [0.3, 0.4) is 0 Å². The van der Waals surface area contributed by atoms with Gasteiger partial charge in [0.1, 0.15) is 0 Å². The van der Waals surface area contributed by atoms with Crippen molar-refractivity contribution in [1.29, 1.82) is 0 Å². The molecule has 0 aliphatic heterocycles. The number of nitrogens with one attached hydrogen (secondary N) is 2. The van der Waals surface area contributed by atoms with Crippen molar-refractivity contribution < 1.29 is 9.90 Å². The third kappa shape index (κ3) is 4.91. The highest BCUT2D eigenvalue weighted by atomic mass is 16.3. The molecular formula is C15H24N2O2. The second-order valence-electron chi connectivity index (χ2n) is 5.02. The van der Waals surface area contributed by atoms with Crippen LogP contribution in [0, 0.1) is 0 Å². The fourth-order valence-electron chi connectivity index (χ4n) is 1.88. The number of hydrogen-bond acceptors (Lipinski definition) is 2. The van der Waals surface area contributed by atoms with Crippen LogP contribution in [0.4, 0.5) is 10.5 Å². The Morgan fingerprint density at radius 2 is 2.11 bits per heavy atom. The van der Waals surface area contributed by atoms with E-state index < -0.39 is 0 Å². The van der Waals surface area contributed by atoms with Crippen LogP contribution in [0.2, 0.25) is 0 Å². The summed E-state index contributed by atoms with van der Waals surface area (Å²) in [5.41, 5.74) is 1.60. The number of carbonyl (C=O) groups is 1. The van der Waals surface area contributed by atoms with Crippen molar-refractivity contribution in [1.82, 2.24) is 5.32 Å². The molecule has 1 aromatic carbocycles. The van der Waals surface area contributed by atoms with Crippen molar-refractivity contribution >= 4 is 11.7 Å². The second-order valence-corrected chi connectivity index (χ2v) is 5.02. The van der Waals surface area contributed by atoms with Crippen LogP contribution in [-0.4, -0.2) is 23.3 Å². The number of anilines is 1. The number of urea groups is 1. The van der Waals surface area contributed by atoms with Gasteiger partial charge in [-0.2, -0.15) is 0 Å². The third-order valence-electron chi connectivity index (χ3n) is 3.45. The largest absolute Gasteiger partial charge is 0.396 e. The molecule has 0 heterocycles. The molecule has 0 aliphatic carbocycles. The Balaban J connectivity index is 2.63. The number of aryl methyl sites for hydroxylation is 1. The van der Waals surface area contributed by atoms with Gasteiger partial charge < -0.3 is 15.7 Å². The van der Waals surface area contributed by atoms with E-state index in [1.807, 2.05) is 38.1 Å². The molecule has 3 N–H and O–H groups in total. The van der Waals surface area contributed by atoms with Gasteiger partial charge in [-0.15, -0.1) is 0 Å². The molecule has 1 aromatic rings. The zero-order chi connectivity index (χ0) is 14.3. The first kappa shape index (κ1) is 15.5. The first-order valence-corrected chi connectivity index (χ1v) is 6.82. The maximum atomic E-state index is 12.0. The van der Waals surface area contributed by atoms with E-state index in [0.717, 1.165) is 18.5 Å². The van der Waals surface area contributed by atoms with E-state index in [0.29, 0.717) is 6.42 Å². The van der Waals surface area contributed by atoms with Crippen molar-refractivity contribution in [2.75, 3.05) is 11.9 Å². The van der Waals surface area contributed by atoms with Crippen LogP contribution in [0.5, 0.6) is 0 Å². The molecule has 1 rings (SSSR count). The van der Waals surface area contributed by atoms with Gasteiger partial charge in [-0.05, 0) is 43.9 Å². The van der Waals surface area contributed by atoms with Gasteiger partial charge in [-0.3, -0.25) is 0 Å². The molecule has 0 aliphatic rings. The number of aliphatic hydroxyl groups excluding tert-OH is 1. The van der Waals surface area contributed by atoms with E-state index in [1.54, 1.807) is 0 Å². The van der Waals surface area contributed by atoms with Crippen LogP contribution in [0.15, 0.2) is 24.3 Å². The zero-order valence-electron chi connectivity index (χ0n) is 12.0. The van der Waals surface area contributed by atoms with Crippen molar-refractivity contribution in [3.63, 3.8) is 0 Å². The van der Waals surface area contributed by atoms with Crippen LogP contribution in [-0.2, 0) is 6.42 Å². The molecule has 0 saturated carbocycles. The summed E-state index contributed by atoms with van der Waals surface area (Å²) in [6.07, 6.45) is 2.26. The normalized spacial score (nSPS) is 13.7. The zero-order valence-corrected chi connectivity index (χ0v) is 12.0. The van der Waals surface area contributed by atoms with E-state index >= 15 is 0 Å². The van der Waals surface area contributed by atoms with Crippen LogP contribution < -0.4 is 10.6 Å². The molecule has 2 amide bonds. The number of hydrogen-bond donors (Lipinski definition) is 3. The minimum Gasteiger partial charge on any atom is -0.396 e. The fraction of sp³-hybridized carbons (Fsp3) is 0.533. The van der Waals surface area contributed by atoms with E-state index in [4.69, 9.17) is 5.11 Å². The number of rotatable bonds is 6.